The lowest BCUT2D eigenvalue weighted by Crippen LogP contribution is -2.33. The summed E-state index contributed by atoms with van der Waals surface area (Å²) < 4.78 is 26.6. The predicted molar refractivity (Wildman–Crippen MR) is 60.4 cm³/mol. The van der Waals surface area contributed by atoms with E-state index in [1.54, 1.807) is 6.92 Å². The average Bonchev–Trinajstić information content (AvgIpc) is 2.84. The fourth-order valence-corrected chi connectivity index (χ4v) is 3.23. The summed E-state index contributed by atoms with van der Waals surface area (Å²) in [4.78, 5) is 0.246. The van der Waals surface area contributed by atoms with Gasteiger partial charge in [0.1, 0.15) is 4.90 Å². The summed E-state index contributed by atoms with van der Waals surface area (Å²) in [6, 6.07) is -0.00759. The maximum Gasteiger partial charge on any atom is 0.244 e. The molecular weight excluding hydrogens is 226 g/mol. The molecule has 1 aromatic heterocycles. The van der Waals surface area contributed by atoms with E-state index < -0.39 is 10.0 Å². The number of nitrogens with zero attached hydrogens (tertiary/aromatic N) is 1. The number of hydrogen-bond donors (Lipinski definition) is 2. The molecule has 1 fully saturated rings. The van der Waals surface area contributed by atoms with Crippen molar-refractivity contribution in [2.45, 2.75) is 44.0 Å². The highest BCUT2D eigenvalue weighted by molar-refractivity contribution is 7.89. The first kappa shape index (κ1) is 11.6. The first-order valence-electron chi connectivity index (χ1n) is 5.51. The van der Waals surface area contributed by atoms with Crippen molar-refractivity contribution in [1.82, 2.24) is 14.9 Å². The molecule has 1 saturated carbocycles. The molecular formula is C10H17N3O2S. The van der Waals surface area contributed by atoms with E-state index in [9.17, 15) is 8.42 Å². The third-order valence-corrected chi connectivity index (χ3v) is 4.52. The molecule has 1 aliphatic rings. The van der Waals surface area contributed by atoms with E-state index in [-0.39, 0.29) is 10.9 Å². The Morgan fingerprint density at radius 2 is 2.31 bits per heavy atom. The van der Waals surface area contributed by atoms with Gasteiger partial charge in [0.05, 0.1) is 11.9 Å². The number of hydrogen-bond acceptors (Lipinski definition) is 3. The Kier molecular flexibility index (Phi) is 3.03. The Hall–Kier alpha value is -0.880. The van der Waals surface area contributed by atoms with Crippen molar-refractivity contribution in [2.75, 3.05) is 0 Å². The molecule has 2 N–H and O–H groups in total. The first-order chi connectivity index (χ1) is 7.49. The molecule has 0 saturated heterocycles. The summed E-state index contributed by atoms with van der Waals surface area (Å²) in [5.41, 5.74) is 0.575. The molecule has 90 valence electrons. The molecule has 0 aromatic carbocycles. The molecule has 5 nitrogen and oxygen atoms in total. The second kappa shape index (κ2) is 4.18. The summed E-state index contributed by atoms with van der Waals surface area (Å²) in [6.07, 6.45) is 4.74. The number of sulfonamides is 1. The van der Waals surface area contributed by atoms with Gasteiger partial charge in [-0.15, -0.1) is 0 Å². The molecule has 1 aliphatic carbocycles. The van der Waals surface area contributed by atoms with Crippen molar-refractivity contribution in [3.8, 4) is 0 Å². The van der Waals surface area contributed by atoms with E-state index in [1.165, 1.54) is 19.0 Å². The largest absolute Gasteiger partial charge is 0.281 e. The van der Waals surface area contributed by atoms with Gasteiger partial charge in [0, 0.05) is 6.04 Å². The van der Waals surface area contributed by atoms with E-state index in [2.05, 4.69) is 14.9 Å². The lowest BCUT2D eigenvalue weighted by Gasteiger charge is -2.13. The van der Waals surface area contributed by atoms with Crippen LogP contribution in [0.3, 0.4) is 0 Å². The molecule has 0 aliphatic heterocycles. The minimum absolute atomic E-state index is 0.00759. The second-order valence-electron chi connectivity index (χ2n) is 4.56. The normalized spacial score (nSPS) is 18.6. The smallest absolute Gasteiger partial charge is 0.244 e. The van der Waals surface area contributed by atoms with Crippen LogP contribution >= 0.6 is 0 Å². The van der Waals surface area contributed by atoms with Crippen LogP contribution in [0.5, 0.6) is 0 Å². The van der Waals surface area contributed by atoms with Gasteiger partial charge < -0.3 is 0 Å². The van der Waals surface area contributed by atoms with E-state index in [0.29, 0.717) is 11.6 Å². The number of rotatable bonds is 5. The first-order valence-corrected chi connectivity index (χ1v) is 6.99. The maximum absolute atomic E-state index is 12.0. The van der Waals surface area contributed by atoms with Gasteiger partial charge in [-0.3, -0.25) is 5.10 Å². The Morgan fingerprint density at radius 3 is 2.81 bits per heavy atom. The molecule has 2 rings (SSSR count). The predicted octanol–water partition coefficient (Wildman–Crippen LogP) is 1.19. The van der Waals surface area contributed by atoms with Gasteiger partial charge >= 0.3 is 0 Å². The van der Waals surface area contributed by atoms with Crippen molar-refractivity contribution < 1.29 is 8.42 Å². The van der Waals surface area contributed by atoms with E-state index in [4.69, 9.17) is 0 Å². The zero-order chi connectivity index (χ0) is 11.8. The second-order valence-corrected chi connectivity index (χ2v) is 6.24. The highest BCUT2D eigenvalue weighted by Crippen LogP contribution is 2.33. The van der Waals surface area contributed by atoms with Crippen LogP contribution in [0.15, 0.2) is 11.1 Å². The summed E-state index contributed by atoms with van der Waals surface area (Å²) >= 11 is 0. The van der Waals surface area contributed by atoms with Crippen LogP contribution in [0, 0.1) is 12.8 Å². The summed E-state index contributed by atoms with van der Waals surface area (Å²) in [5.74, 6) is 0.711. The van der Waals surface area contributed by atoms with Gasteiger partial charge in [0.2, 0.25) is 10.0 Å². The van der Waals surface area contributed by atoms with Gasteiger partial charge in [-0.1, -0.05) is 12.8 Å². The number of nitrogens with one attached hydrogen (secondary N) is 2. The minimum atomic E-state index is -3.41. The fourth-order valence-electron chi connectivity index (χ4n) is 1.84. The standard InChI is InChI=1S/C10H17N3O2S/c1-7(5-9-3-4-9)13-16(14,15)10-6-11-12-8(10)2/h6-7,9,13H,3-5H2,1-2H3,(H,11,12). The quantitative estimate of drug-likeness (QED) is 0.815. The molecule has 1 heterocycles. The zero-order valence-corrected chi connectivity index (χ0v) is 10.3. The van der Waals surface area contributed by atoms with Crippen molar-refractivity contribution >= 4 is 10.0 Å². The van der Waals surface area contributed by atoms with Crippen LogP contribution in [0.1, 0.15) is 31.9 Å². The summed E-state index contributed by atoms with van der Waals surface area (Å²) in [5, 5.41) is 6.36. The highest BCUT2D eigenvalue weighted by atomic mass is 32.2. The number of H-pyrrole nitrogens is 1. The van der Waals surface area contributed by atoms with Gasteiger partial charge in [-0.2, -0.15) is 5.10 Å². The topological polar surface area (TPSA) is 74.8 Å². The van der Waals surface area contributed by atoms with Crippen LogP contribution in [0.2, 0.25) is 0 Å². The zero-order valence-electron chi connectivity index (χ0n) is 9.53. The molecule has 1 atom stereocenters. The summed E-state index contributed by atoms with van der Waals surface area (Å²) in [7, 11) is -3.41. The van der Waals surface area contributed by atoms with Crippen LogP contribution in [-0.2, 0) is 10.0 Å². The Labute approximate surface area is 95.7 Å². The maximum atomic E-state index is 12.0. The SMILES string of the molecule is Cc1[nH]ncc1S(=O)(=O)NC(C)CC1CC1. The Balaban J connectivity index is 2.04. The van der Waals surface area contributed by atoms with Gasteiger partial charge in [0.25, 0.3) is 0 Å². The van der Waals surface area contributed by atoms with E-state index in [0.717, 1.165) is 6.42 Å². The van der Waals surface area contributed by atoms with Crippen molar-refractivity contribution in [3.05, 3.63) is 11.9 Å². The van der Waals surface area contributed by atoms with E-state index in [1.807, 2.05) is 6.92 Å². The molecule has 0 radical (unpaired) electrons. The average molecular weight is 243 g/mol. The molecule has 1 aromatic rings. The van der Waals surface area contributed by atoms with Crippen LogP contribution in [-0.4, -0.2) is 24.7 Å². The molecule has 0 bridgehead atoms. The number of aromatic nitrogens is 2. The highest BCUT2D eigenvalue weighted by Gasteiger charge is 2.27. The molecule has 0 spiro atoms. The van der Waals surface area contributed by atoms with Crippen molar-refractivity contribution in [1.29, 1.82) is 0 Å². The lowest BCUT2D eigenvalue weighted by atomic mass is 10.2. The van der Waals surface area contributed by atoms with Crippen molar-refractivity contribution in [3.63, 3.8) is 0 Å². The van der Waals surface area contributed by atoms with E-state index >= 15 is 0 Å². The number of aryl methyl sites for hydroxylation is 1. The molecule has 16 heavy (non-hydrogen) atoms. The monoisotopic (exact) mass is 243 g/mol. The van der Waals surface area contributed by atoms with Gasteiger partial charge in [-0.05, 0) is 26.2 Å². The van der Waals surface area contributed by atoms with Crippen LogP contribution in [0.25, 0.3) is 0 Å². The third kappa shape index (κ3) is 2.62. The van der Waals surface area contributed by atoms with Crippen molar-refractivity contribution in [2.24, 2.45) is 5.92 Å². The molecule has 1 unspecified atom stereocenters. The Bertz CT molecular complexity index is 462. The minimum Gasteiger partial charge on any atom is -0.281 e. The molecule has 6 heteroatoms. The van der Waals surface area contributed by atoms with Crippen LogP contribution < -0.4 is 4.72 Å². The van der Waals surface area contributed by atoms with Gasteiger partial charge in [0.15, 0.2) is 0 Å². The van der Waals surface area contributed by atoms with Crippen LogP contribution in [0.4, 0.5) is 0 Å². The number of aromatic amines is 1. The lowest BCUT2D eigenvalue weighted by molar-refractivity contribution is 0.529. The Morgan fingerprint density at radius 1 is 1.62 bits per heavy atom. The third-order valence-electron chi connectivity index (χ3n) is 2.81. The summed E-state index contributed by atoms with van der Waals surface area (Å²) in [6.45, 7) is 3.61. The molecule has 0 amide bonds. The fraction of sp³-hybridized carbons (Fsp3) is 0.700. The van der Waals surface area contributed by atoms with Gasteiger partial charge in [-0.25, -0.2) is 13.1 Å².